The number of carboxylic acid groups (broad SMARTS) is 1. The minimum Gasteiger partial charge on any atom is -0.479 e. The van der Waals surface area contributed by atoms with Gasteiger partial charge in [0.15, 0.2) is 6.10 Å². The third-order valence-electron chi connectivity index (χ3n) is 1.20. The second-order valence-corrected chi connectivity index (χ2v) is 1.90. The van der Waals surface area contributed by atoms with E-state index in [1.165, 1.54) is 0 Å². The lowest BCUT2D eigenvalue weighted by atomic mass is 10.3. The Morgan fingerprint density at radius 2 is 2.27 bits per heavy atom. The first-order valence-electron chi connectivity index (χ1n) is 3.86. The van der Waals surface area contributed by atoms with E-state index in [1.807, 2.05) is 13.8 Å². The van der Waals surface area contributed by atoms with Crippen LogP contribution in [0, 0.1) is 0 Å². The standard InChI is InChI=1S/C5H9NO3.C2H6/c7-5(8)4-3-6-1-2-9-4;1-2/h4,6H,1-3H2,(H,7,8);1-2H3. The van der Waals surface area contributed by atoms with Crippen LogP contribution in [-0.2, 0) is 9.53 Å². The van der Waals surface area contributed by atoms with Crippen LogP contribution in [0.25, 0.3) is 0 Å². The van der Waals surface area contributed by atoms with Gasteiger partial charge >= 0.3 is 5.97 Å². The third kappa shape index (κ3) is 3.95. The van der Waals surface area contributed by atoms with Crippen molar-refractivity contribution in [1.82, 2.24) is 5.32 Å². The highest BCUT2D eigenvalue weighted by Crippen LogP contribution is 1.94. The van der Waals surface area contributed by atoms with E-state index in [4.69, 9.17) is 9.84 Å². The smallest absolute Gasteiger partial charge is 0.334 e. The number of rotatable bonds is 1. The molecule has 0 amide bonds. The lowest BCUT2D eigenvalue weighted by molar-refractivity contribution is -0.151. The summed E-state index contributed by atoms with van der Waals surface area (Å²) in [6.45, 7) is 5.68. The van der Waals surface area contributed by atoms with Crippen LogP contribution in [0.4, 0.5) is 0 Å². The highest BCUT2D eigenvalue weighted by Gasteiger charge is 2.19. The van der Waals surface area contributed by atoms with E-state index in [0.29, 0.717) is 13.2 Å². The number of aliphatic carboxylic acids is 1. The number of nitrogens with one attached hydrogen (secondary N) is 1. The topological polar surface area (TPSA) is 58.6 Å². The van der Waals surface area contributed by atoms with Crippen molar-refractivity contribution < 1.29 is 14.6 Å². The Morgan fingerprint density at radius 3 is 2.55 bits per heavy atom. The van der Waals surface area contributed by atoms with Crippen molar-refractivity contribution >= 4 is 5.97 Å². The molecule has 1 unspecified atom stereocenters. The highest BCUT2D eigenvalue weighted by molar-refractivity contribution is 5.72. The second kappa shape index (κ2) is 6.12. The first kappa shape index (κ1) is 10.4. The molecule has 11 heavy (non-hydrogen) atoms. The molecular weight excluding hydrogens is 146 g/mol. The minimum absolute atomic E-state index is 0.426. The second-order valence-electron chi connectivity index (χ2n) is 1.90. The molecule has 66 valence electrons. The number of hydrogen-bond donors (Lipinski definition) is 2. The fourth-order valence-electron chi connectivity index (χ4n) is 0.724. The van der Waals surface area contributed by atoms with E-state index in [1.54, 1.807) is 0 Å². The summed E-state index contributed by atoms with van der Waals surface area (Å²) in [5.74, 6) is -0.887. The average molecular weight is 161 g/mol. The van der Waals surface area contributed by atoms with Crippen molar-refractivity contribution in [3.8, 4) is 0 Å². The van der Waals surface area contributed by atoms with Gasteiger partial charge in [-0.2, -0.15) is 0 Å². The Morgan fingerprint density at radius 1 is 1.64 bits per heavy atom. The number of hydrogen-bond acceptors (Lipinski definition) is 3. The summed E-state index contributed by atoms with van der Waals surface area (Å²) in [4.78, 5) is 10.2. The molecule has 0 aliphatic carbocycles. The summed E-state index contributed by atoms with van der Waals surface area (Å²) in [5, 5.41) is 11.3. The largest absolute Gasteiger partial charge is 0.479 e. The van der Waals surface area contributed by atoms with Crippen molar-refractivity contribution in [3.63, 3.8) is 0 Å². The van der Waals surface area contributed by atoms with Gasteiger partial charge in [-0.3, -0.25) is 0 Å². The summed E-state index contributed by atoms with van der Waals surface area (Å²) < 4.78 is 4.88. The van der Waals surface area contributed by atoms with Crippen molar-refractivity contribution in [2.24, 2.45) is 0 Å². The normalized spacial score (nSPS) is 23.3. The van der Waals surface area contributed by atoms with E-state index in [2.05, 4.69) is 5.32 Å². The first-order chi connectivity index (χ1) is 5.30. The zero-order valence-corrected chi connectivity index (χ0v) is 6.96. The number of carbonyl (C=O) groups is 1. The molecule has 0 aromatic rings. The van der Waals surface area contributed by atoms with Gasteiger partial charge < -0.3 is 15.2 Å². The van der Waals surface area contributed by atoms with Crippen molar-refractivity contribution in [2.75, 3.05) is 19.7 Å². The van der Waals surface area contributed by atoms with E-state index >= 15 is 0 Å². The third-order valence-corrected chi connectivity index (χ3v) is 1.20. The zero-order chi connectivity index (χ0) is 8.69. The molecule has 1 heterocycles. The van der Waals surface area contributed by atoms with Gasteiger partial charge in [0.25, 0.3) is 0 Å². The van der Waals surface area contributed by atoms with Gasteiger partial charge in [0.05, 0.1) is 6.61 Å². The summed E-state index contributed by atoms with van der Waals surface area (Å²) in [6.07, 6.45) is -0.640. The Bertz CT molecular complexity index is 110. The van der Waals surface area contributed by atoms with Crippen LogP contribution in [0.2, 0.25) is 0 Å². The average Bonchev–Trinajstić information content (AvgIpc) is 2.10. The SMILES string of the molecule is CC.O=C(O)C1CNCCO1. The Balaban J connectivity index is 0.000000461. The maximum Gasteiger partial charge on any atom is 0.334 e. The van der Waals surface area contributed by atoms with E-state index in [0.717, 1.165) is 6.54 Å². The monoisotopic (exact) mass is 161 g/mol. The molecule has 1 saturated heterocycles. The van der Waals surface area contributed by atoms with Gasteiger partial charge in [-0.15, -0.1) is 0 Å². The molecule has 1 aliphatic heterocycles. The van der Waals surface area contributed by atoms with Gasteiger partial charge in [0.1, 0.15) is 0 Å². The fourth-order valence-corrected chi connectivity index (χ4v) is 0.724. The molecular formula is C7H15NO3. The Hall–Kier alpha value is -0.610. The molecule has 4 heteroatoms. The molecule has 0 aromatic carbocycles. The molecule has 1 atom stereocenters. The molecule has 1 fully saturated rings. The van der Waals surface area contributed by atoms with E-state index < -0.39 is 12.1 Å². The number of carboxylic acids is 1. The van der Waals surface area contributed by atoms with E-state index in [-0.39, 0.29) is 0 Å². The predicted octanol–water partition coefficient (Wildman–Crippen LogP) is 0.0856. The molecule has 0 spiro atoms. The highest BCUT2D eigenvalue weighted by atomic mass is 16.5. The molecule has 0 bridgehead atoms. The van der Waals surface area contributed by atoms with Crippen molar-refractivity contribution in [1.29, 1.82) is 0 Å². The van der Waals surface area contributed by atoms with Gasteiger partial charge in [-0.05, 0) is 0 Å². The number of ether oxygens (including phenoxy) is 1. The van der Waals surface area contributed by atoms with Gasteiger partial charge in [0.2, 0.25) is 0 Å². The lowest BCUT2D eigenvalue weighted by Gasteiger charge is -2.19. The maximum atomic E-state index is 10.2. The summed E-state index contributed by atoms with van der Waals surface area (Å²) in [6, 6.07) is 0. The summed E-state index contributed by atoms with van der Waals surface area (Å²) in [5.41, 5.74) is 0. The molecule has 1 aliphatic rings. The van der Waals surface area contributed by atoms with Crippen LogP contribution in [0.15, 0.2) is 0 Å². The zero-order valence-electron chi connectivity index (χ0n) is 6.96. The molecule has 0 aromatic heterocycles. The van der Waals surface area contributed by atoms with Crippen LogP contribution in [-0.4, -0.2) is 36.9 Å². The quantitative estimate of drug-likeness (QED) is 0.572. The van der Waals surface area contributed by atoms with Crippen LogP contribution in [0.3, 0.4) is 0 Å². The Kier molecular flexibility index (Phi) is 5.78. The summed E-state index contributed by atoms with van der Waals surface area (Å²) in [7, 11) is 0. The van der Waals surface area contributed by atoms with Crippen LogP contribution in [0.1, 0.15) is 13.8 Å². The van der Waals surface area contributed by atoms with Crippen LogP contribution in [0.5, 0.6) is 0 Å². The van der Waals surface area contributed by atoms with Gasteiger partial charge in [0, 0.05) is 13.1 Å². The number of morpholine rings is 1. The molecule has 4 nitrogen and oxygen atoms in total. The predicted molar refractivity (Wildman–Crippen MR) is 41.6 cm³/mol. The molecule has 0 saturated carbocycles. The lowest BCUT2D eigenvalue weighted by Crippen LogP contribution is -2.42. The van der Waals surface area contributed by atoms with Crippen LogP contribution >= 0.6 is 0 Å². The summed E-state index contributed by atoms with van der Waals surface area (Å²) >= 11 is 0. The Labute approximate surface area is 66.5 Å². The maximum absolute atomic E-state index is 10.2. The van der Waals surface area contributed by atoms with Crippen LogP contribution < -0.4 is 5.32 Å². The van der Waals surface area contributed by atoms with Crippen molar-refractivity contribution in [3.05, 3.63) is 0 Å². The molecule has 0 radical (unpaired) electrons. The minimum atomic E-state index is -0.887. The van der Waals surface area contributed by atoms with E-state index in [9.17, 15) is 4.79 Å². The molecule has 1 rings (SSSR count). The van der Waals surface area contributed by atoms with Gasteiger partial charge in [-0.25, -0.2) is 4.79 Å². The van der Waals surface area contributed by atoms with Crippen molar-refractivity contribution in [2.45, 2.75) is 20.0 Å². The molecule has 2 N–H and O–H groups in total. The first-order valence-corrected chi connectivity index (χ1v) is 3.86. The fraction of sp³-hybridized carbons (Fsp3) is 0.857. The van der Waals surface area contributed by atoms with Gasteiger partial charge in [-0.1, -0.05) is 13.8 Å².